The van der Waals surface area contributed by atoms with E-state index in [-0.39, 0.29) is 5.54 Å². The third-order valence-corrected chi connectivity index (χ3v) is 4.65. The van der Waals surface area contributed by atoms with Crippen molar-refractivity contribution in [3.05, 3.63) is 35.4 Å². The number of fused-ring (bicyclic) bond motifs is 1. The van der Waals surface area contributed by atoms with Crippen molar-refractivity contribution in [3.63, 3.8) is 0 Å². The summed E-state index contributed by atoms with van der Waals surface area (Å²) < 4.78 is 0. The van der Waals surface area contributed by atoms with Crippen molar-refractivity contribution >= 4 is 0 Å². The Morgan fingerprint density at radius 3 is 2.44 bits per heavy atom. The monoisotopic (exact) mass is 215 g/mol. The highest BCUT2D eigenvalue weighted by Gasteiger charge is 2.55. The fraction of sp³-hybridized carbons (Fsp3) is 0.600. The van der Waals surface area contributed by atoms with E-state index in [0.29, 0.717) is 5.92 Å². The first kappa shape index (κ1) is 10.3. The summed E-state index contributed by atoms with van der Waals surface area (Å²) in [6, 6.07) is 8.85. The van der Waals surface area contributed by atoms with Gasteiger partial charge in [-0.15, -0.1) is 0 Å². The van der Waals surface area contributed by atoms with Gasteiger partial charge in [-0.3, -0.25) is 0 Å². The van der Waals surface area contributed by atoms with Gasteiger partial charge in [0.15, 0.2) is 0 Å². The van der Waals surface area contributed by atoms with Gasteiger partial charge in [0.1, 0.15) is 0 Å². The third kappa shape index (κ3) is 1.49. The predicted molar refractivity (Wildman–Crippen MR) is 67.3 cm³/mol. The van der Waals surface area contributed by atoms with Crippen LogP contribution in [-0.4, -0.2) is 5.54 Å². The molecular weight excluding hydrogens is 194 g/mol. The zero-order valence-corrected chi connectivity index (χ0v) is 10.1. The molecule has 3 rings (SSSR count). The molecule has 2 atom stereocenters. The lowest BCUT2D eigenvalue weighted by Gasteiger charge is -2.19. The van der Waals surface area contributed by atoms with Crippen molar-refractivity contribution in [1.29, 1.82) is 0 Å². The molecule has 0 aliphatic heterocycles. The highest BCUT2D eigenvalue weighted by Crippen LogP contribution is 2.53. The molecule has 0 amide bonds. The number of hydrogen-bond acceptors (Lipinski definition) is 1. The van der Waals surface area contributed by atoms with Crippen LogP contribution >= 0.6 is 0 Å². The van der Waals surface area contributed by atoms with E-state index in [2.05, 4.69) is 31.2 Å². The van der Waals surface area contributed by atoms with Gasteiger partial charge in [-0.05, 0) is 48.6 Å². The average Bonchev–Trinajstić information content (AvgIpc) is 2.78. The molecule has 0 radical (unpaired) electrons. The van der Waals surface area contributed by atoms with Crippen LogP contribution in [-0.2, 0) is 12.8 Å². The summed E-state index contributed by atoms with van der Waals surface area (Å²) in [6.45, 7) is 2.27. The molecule has 16 heavy (non-hydrogen) atoms. The van der Waals surface area contributed by atoms with E-state index in [0.717, 1.165) is 5.92 Å². The molecule has 1 saturated carbocycles. The lowest BCUT2D eigenvalue weighted by atomic mass is 9.92. The second-order valence-corrected chi connectivity index (χ2v) is 5.68. The summed E-state index contributed by atoms with van der Waals surface area (Å²) >= 11 is 0. The van der Waals surface area contributed by atoms with Gasteiger partial charge in [0, 0.05) is 5.54 Å². The van der Waals surface area contributed by atoms with E-state index in [9.17, 15) is 0 Å². The normalized spacial score (nSPS) is 32.8. The van der Waals surface area contributed by atoms with E-state index in [1.807, 2.05) is 0 Å². The van der Waals surface area contributed by atoms with Crippen molar-refractivity contribution in [2.75, 3.05) is 0 Å². The molecule has 2 N–H and O–H groups in total. The molecule has 0 saturated heterocycles. The molecule has 1 aromatic carbocycles. The standard InChI is InChI=1S/C15H21N/c1-2-5-13-10-15(13,16)14-8-11-6-3-4-7-12(11)9-14/h3-4,6-7,13-14H,2,5,8-10,16H2,1H3. The SMILES string of the molecule is CCCC1CC1(N)C1Cc2ccccc2C1. The summed E-state index contributed by atoms with van der Waals surface area (Å²) in [4.78, 5) is 0. The van der Waals surface area contributed by atoms with Gasteiger partial charge in [0.2, 0.25) is 0 Å². The molecule has 2 unspecified atom stereocenters. The van der Waals surface area contributed by atoms with E-state index in [4.69, 9.17) is 5.73 Å². The predicted octanol–water partition coefficient (Wildman–Crippen LogP) is 2.92. The van der Waals surface area contributed by atoms with Gasteiger partial charge in [-0.1, -0.05) is 37.6 Å². The zero-order valence-electron chi connectivity index (χ0n) is 10.1. The van der Waals surface area contributed by atoms with Crippen LogP contribution in [0.15, 0.2) is 24.3 Å². The molecule has 0 bridgehead atoms. The minimum Gasteiger partial charge on any atom is -0.325 e. The van der Waals surface area contributed by atoms with Crippen LogP contribution in [0.5, 0.6) is 0 Å². The number of nitrogens with two attached hydrogens (primary N) is 1. The number of rotatable bonds is 3. The van der Waals surface area contributed by atoms with E-state index >= 15 is 0 Å². The van der Waals surface area contributed by atoms with Crippen LogP contribution in [0, 0.1) is 11.8 Å². The lowest BCUT2D eigenvalue weighted by molar-refractivity contribution is 0.384. The maximum Gasteiger partial charge on any atom is 0.0221 e. The van der Waals surface area contributed by atoms with Crippen molar-refractivity contribution in [1.82, 2.24) is 0 Å². The van der Waals surface area contributed by atoms with Crippen molar-refractivity contribution in [2.24, 2.45) is 17.6 Å². The smallest absolute Gasteiger partial charge is 0.0221 e. The van der Waals surface area contributed by atoms with Crippen LogP contribution in [0.1, 0.15) is 37.3 Å². The molecule has 0 aromatic heterocycles. The Bertz CT molecular complexity index is 373. The molecule has 0 spiro atoms. The molecule has 1 fully saturated rings. The van der Waals surface area contributed by atoms with Crippen LogP contribution in [0.4, 0.5) is 0 Å². The van der Waals surface area contributed by atoms with Gasteiger partial charge < -0.3 is 5.73 Å². The fourth-order valence-electron chi connectivity index (χ4n) is 3.53. The summed E-state index contributed by atoms with van der Waals surface area (Å²) in [5, 5.41) is 0. The first-order valence-electron chi connectivity index (χ1n) is 6.59. The van der Waals surface area contributed by atoms with Gasteiger partial charge in [-0.25, -0.2) is 0 Å². The second kappa shape index (κ2) is 3.59. The van der Waals surface area contributed by atoms with Crippen molar-refractivity contribution in [2.45, 2.75) is 44.6 Å². The third-order valence-electron chi connectivity index (χ3n) is 4.65. The second-order valence-electron chi connectivity index (χ2n) is 5.68. The average molecular weight is 215 g/mol. The summed E-state index contributed by atoms with van der Waals surface area (Å²) in [6.07, 6.45) is 6.30. The Balaban J connectivity index is 1.73. The first-order valence-corrected chi connectivity index (χ1v) is 6.59. The quantitative estimate of drug-likeness (QED) is 0.824. The topological polar surface area (TPSA) is 26.0 Å². The Morgan fingerprint density at radius 1 is 1.25 bits per heavy atom. The molecule has 1 nitrogen and oxygen atoms in total. The molecular formula is C15H21N. The van der Waals surface area contributed by atoms with Crippen LogP contribution in [0.2, 0.25) is 0 Å². The van der Waals surface area contributed by atoms with E-state index in [1.165, 1.54) is 32.1 Å². The molecule has 86 valence electrons. The van der Waals surface area contributed by atoms with Gasteiger partial charge in [0.05, 0.1) is 0 Å². The highest BCUT2D eigenvalue weighted by molar-refractivity contribution is 5.35. The Labute approximate surface area is 98.0 Å². The summed E-state index contributed by atoms with van der Waals surface area (Å²) in [5.41, 5.74) is 9.82. The zero-order chi connectivity index (χ0) is 11.2. The van der Waals surface area contributed by atoms with Gasteiger partial charge in [0.25, 0.3) is 0 Å². The molecule has 0 heterocycles. The molecule has 1 heteroatoms. The molecule has 2 aliphatic rings. The molecule has 1 aromatic rings. The maximum atomic E-state index is 6.56. The fourth-order valence-corrected chi connectivity index (χ4v) is 3.53. The first-order chi connectivity index (χ1) is 7.74. The summed E-state index contributed by atoms with van der Waals surface area (Å²) in [5.74, 6) is 1.51. The van der Waals surface area contributed by atoms with E-state index in [1.54, 1.807) is 11.1 Å². The van der Waals surface area contributed by atoms with Crippen LogP contribution < -0.4 is 5.73 Å². The Morgan fingerprint density at radius 2 is 1.88 bits per heavy atom. The van der Waals surface area contributed by atoms with Crippen LogP contribution in [0.25, 0.3) is 0 Å². The Kier molecular flexibility index (Phi) is 2.32. The highest BCUT2D eigenvalue weighted by atomic mass is 14.9. The summed E-state index contributed by atoms with van der Waals surface area (Å²) in [7, 11) is 0. The van der Waals surface area contributed by atoms with Gasteiger partial charge in [-0.2, -0.15) is 0 Å². The van der Waals surface area contributed by atoms with Crippen LogP contribution in [0.3, 0.4) is 0 Å². The van der Waals surface area contributed by atoms with Gasteiger partial charge >= 0.3 is 0 Å². The Hall–Kier alpha value is -0.820. The largest absolute Gasteiger partial charge is 0.325 e. The minimum atomic E-state index is 0.176. The minimum absolute atomic E-state index is 0.176. The lowest BCUT2D eigenvalue weighted by Crippen LogP contribution is -2.35. The number of benzene rings is 1. The van der Waals surface area contributed by atoms with E-state index < -0.39 is 0 Å². The number of hydrogen-bond donors (Lipinski definition) is 1. The molecule has 2 aliphatic carbocycles. The van der Waals surface area contributed by atoms with Crippen molar-refractivity contribution in [3.8, 4) is 0 Å². The van der Waals surface area contributed by atoms with Crippen molar-refractivity contribution < 1.29 is 0 Å². The maximum absolute atomic E-state index is 6.56.